The Kier molecular flexibility index (Phi) is 6.39. The smallest absolute Gasteiger partial charge is 0.124 e. The molecule has 3 rings (SSSR count). The Bertz CT molecular complexity index is 834. The Morgan fingerprint density at radius 1 is 1.09 bits per heavy atom. The molecule has 2 aromatic carbocycles. The van der Waals surface area contributed by atoms with Crippen LogP contribution in [0.4, 0.5) is 4.39 Å². The number of nitrogens with zero attached hydrogens (tertiary/aromatic N) is 1. The zero-order valence-electron chi connectivity index (χ0n) is 11.5. The summed E-state index contributed by atoms with van der Waals surface area (Å²) in [6, 6.07) is 11.9. The Morgan fingerprint density at radius 3 is 2.59 bits per heavy atom. The van der Waals surface area contributed by atoms with Crippen LogP contribution in [0.2, 0.25) is 0 Å². The van der Waals surface area contributed by atoms with Crippen LogP contribution in [0.5, 0.6) is 0 Å². The molecule has 0 fully saturated rings. The predicted molar refractivity (Wildman–Crippen MR) is 90.9 cm³/mol. The largest absolute Gasteiger partial charge is 0.341 e. The summed E-state index contributed by atoms with van der Waals surface area (Å²) in [6.07, 6.45) is 0. The van der Waals surface area contributed by atoms with Crippen molar-refractivity contribution in [1.82, 2.24) is 9.97 Å². The number of aromatic nitrogens is 2. The molecule has 3 nitrogen and oxygen atoms in total. The lowest BCUT2D eigenvalue weighted by Gasteiger charge is -1.93. The Morgan fingerprint density at radius 2 is 1.86 bits per heavy atom. The van der Waals surface area contributed by atoms with Gasteiger partial charge in [-0.1, -0.05) is 24.0 Å². The van der Waals surface area contributed by atoms with Crippen LogP contribution in [0, 0.1) is 17.7 Å². The van der Waals surface area contributed by atoms with E-state index in [2.05, 4.69) is 21.8 Å². The normalized spacial score (nSPS) is 9.36. The molecule has 0 atom stereocenters. The zero-order chi connectivity index (χ0) is 13.9. The summed E-state index contributed by atoms with van der Waals surface area (Å²) >= 11 is 0. The fourth-order valence-electron chi connectivity index (χ4n) is 1.99. The molecule has 0 saturated heterocycles. The predicted octanol–water partition coefficient (Wildman–Crippen LogP) is 3.40. The highest BCUT2D eigenvalue weighted by atomic mass is 35.5. The van der Waals surface area contributed by atoms with Crippen LogP contribution in [-0.2, 0) is 6.54 Å². The fraction of sp³-hybridized carbons (Fsp3) is 0.0625. The first-order valence-electron chi connectivity index (χ1n) is 6.21. The van der Waals surface area contributed by atoms with Crippen molar-refractivity contribution in [1.29, 1.82) is 0 Å². The van der Waals surface area contributed by atoms with Gasteiger partial charge < -0.3 is 10.7 Å². The maximum Gasteiger partial charge on any atom is 0.124 e. The third kappa shape index (κ3) is 3.77. The van der Waals surface area contributed by atoms with Crippen LogP contribution >= 0.6 is 24.8 Å². The van der Waals surface area contributed by atoms with E-state index >= 15 is 0 Å². The van der Waals surface area contributed by atoms with Crippen molar-refractivity contribution in [2.75, 3.05) is 0 Å². The van der Waals surface area contributed by atoms with Gasteiger partial charge >= 0.3 is 0 Å². The number of imidazole rings is 1. The van der Waals surface area contributed by atoms with Crippen molar-refractivity contribution in [2.45, 2.75) is 6.54 Å². The van der Waals surface area contributed by atoms with Crippen LogP contribution in [-0.4, -0.2) is 9.97 Å². The molecule has 22 heavy (non-hydrogen) atoms. The first kappa shape index (κ1) is 18.0. The Hall–Kier alpha value is -2.06. The molecule has 1 heterocycles. The molecule has 0 bridgehead atoms. The van der Waals surface area contributed by atoms with Gasteiger partial charge in [-0.05, 0) is 30.3 Å². The third-order valence-electron chi connectivity index (χ3n) is 2.92. The van der Waals surface area contributed by atoms with Crippen molar-refractivity contribution in [3.05, 3.63) is 65.2 Å². The number of aromatic amines is 1. The summed E-state index contributed by atoms with van der Waals surface area (Å²) in [5, 5.41) is 0. The SMILES string of the molecule is Cl.Cl.NCc1nc2c(C#Cc3cccc(F)c3)cccc2[nH]1. The Balaban J connectivity index is 0.00000121. The highest BCUT2D eigenvalue weighted by Gasteiger charge is 2.04. The number of H-pyrrole nitrogens is 1. The molecule has 0 aliphatic heterocycles. The van der Waals surface area contributed by atoms with E-state index in [9.17, 15) is 4.39 Å². The monoisotopic (exact) mass is 337 g/mol. The second-order valence-corrected chi connectivity index (χ2v) is 4.35. The summed E-state index contributed by atoms with van der Waals surface area (Å²) in [7, 11) is 0. The van der Waals surface area contributed by atoms with Gasteiger partial charge in [0.15, 0.2) is 0 Å². The van der Waals surface area contributed by atoms with E-state index in [1.54, 1.807) is 12.1 Å². The molecule has 3 N–H and O–H groups in total. The highest BCUT2D eigenvalue weighted by molar-refractivity contribution is 5.85. The van der Waals surface area contributed by atoms with E-state index in [-0.39, 0.29) is 30.6 Å². The van der Waals surface area contributed by atoms with E-state index in [1.807, 2.05) is 18.2 Å². The first-order valence-corrected chi connectivity index (χ1v) is 6.21. The van der Waals surface area contributed by atoms with Crippen LogP contribution < -0.4 is 5.73 Å². The Labute approximate surface area is 140 Å². The molecule has 1 aromatic heterocycles. The molecule has 6 heteroatoms. The maximum absolute atomic E-state index is 13.1. The molecule has 0 radical (unpaired) electrons. The first-order chi connectivity index (χ1) is 9.76. The van der Waals surface area contributed by atoms with Gasteiger partial charge in [0.25, 0.3) is 0 Å². The van der Waals surface area contributed by atoms with Crippen LogP contribution in [0.3, 0.4) is 0 Å². The highest BCUT2D eigenvalue weighted by Crippen LogP contribution is 2.15. The van der Waals surface area contributed by atoms with Crippen molar-refractivity contribution in [2.24, 2.45) is 5.73 Å². The van der Waals surface area contributed by atoms with E-state index in [0.717, 1.165) is 22.4 Å². The van der Waals surface area contributed by atoms with E-state index in [0.29, 0.717) is 12.1 Å². The van der Waals surface area contributed by atoms with Crippen molar-refractivity contribution >= 4 is 35.8 Å². The number of hydrogen-bond acceptors (Lipinski definition) is 2. The molecule has 0 spiro atoms. The minimum absolute atomic E-state index is 0. The van der Waals surface area contributed by atoms with Crippen molar-refractivity contribution in [3.63, 3.8) is 0 Å². The quantitative estimate of drug-likeness (QED) is 0.668. The maximum atomic E-state index is 13.1. The van der Waals surface area contributed by atoms with Crippen LogP contribution in [0.1, 0.15) is 17.0 Å². The molecule has 114 valence electrons. The van der Waals surface area contributed by atoms with Gasteiger partial charge in [0.05, 0.1) is 17.6 Å². The van der Waals surface area contributed by atoms with E-state index < -0.39 is 0 Å². The van der Waals surface area contributed by atoms with Gasteiger partial charge in [-0.2, -0.15) is 0 Å². The van der Waals surface area contributed by atoms with Gasteiger partial charge in [-0.25, -0.2) is 9.37 Å². The average molecular weight is 338 g/mol. The standard InChI is InChI=1S/C16H12FN3.2ClH/c17-13-5-1-3-11(9-13)7-8-12-4-2-6-14-16(12)20-15(10-18)19-14;;/h1-6,9H,10,18H2,(H,19,20);2*1H. The van der Waals surface area contributed by atoms with Crippen molar-refractivity contribution < 1.29 is 4.39 Å². The summed E-state index contributed by atoms with van der Waals surface area (Å²) in [4.78, 5) is 7.53. The number of rotatable bonds is 1. The molecule has 0 unspecified atom stereocenters. The van der Waals surface area contributed by atoms with Gasteiger partial charge in [-0.3, -0.25) is 0 Å². The third-order valence-corrected chi connectivity index (χ3v) is 2.92. The summed E-state index contributed by atoms with van der Waals surface area (Å²) in [6.45, 7) is 0.353. The lowest BCUT2D eigenvalue weighted by molar-refractivity contribution is 0.627. The number of nitrogens with two attached hydrogens (primary N) is 1. The minimum atomic E-state index is -0.291. The lowest BCUT2D eigenvalue weighted by atomic mass is 10.1. The summed E-state index contributed by atoms with van der Waals surface area (Å²) in [5.74, 6) is 6.41. The summed E-state index contributed by atoms with van der Waals surface area (Å²) in [5.41, 5.74) is 8.69. The van der Waals surface area contributed by atoms with Crippen molar-refractivity contribution in [3.8, 4) is 11.8 Å². The summed E-state index contributed by atoms with van der Waals surface area (Å²) < 4.78 is 13.1. The topological polar surface area (TPSA) is 54.7 Å². The molecule has 0 aliphatic carbocycles. The lowest BCUT2D eigenvalue weighted by Crippen LogP contribution is -1.97. The number of para-hydroxylation sites is 1. The zero-order valence-corrected chi connectivity index (χ0v) is 13.1. The molecule has 0 saturated carbocycles. The van der Waals surface area contributed by atoms with Crippen LogP contribution in [0.15, 0.2) is 42.5 Å². The van der Waals surface area contributed by atoms with Gasteiger partial charge in [-0.15, -0.1) is 24.8 Å². The van der Waals surface area contributed by atoms with Gasteiger partial charge in [0.2, 0.25) is 0 Å². The van der Waals surface area contributed by atoms with Gasteiger partial charge in [0.1, 0.15) is 17.2 Å². The number of hydrogen-bond donors (Lipinski definition) is 2. The molecular formula is C16H14Cl2FN3. The molecular weight excluding hydrogens is 324 g/mol. The second-order valence-electron chi connectivity index (χ2n) is 4.35. The number of halogens is 3. The fourth-order valence-corrected chi connectivity index (χ4v) is 1.99. The molecule has 3 aromatic rings. The van der Waals surface area contributed by atoms with E-state index in [1.165, 1.54) is 12.1 Å². The average Bonchev–Trinajstić information content (AvgIpc) is 2.89. The number of fused-ring (bicyclic) bond motifs is 1. The van der Waals surface area contributed by atoms with E-state index in [4.69, 9.17) is 5.73 Å². The van der Waals surface area contributed by atoms with Gasteiger partial charge in [0, 0.05) is 5.56 Å². The number of benzene rings is 2. The number of nitrogens with one attached hydrogen (secondary N) is 1. The molecule has 0 aliphatic rings. The van der Waals surface area contributed by atoms with Crippen LogP contribution in [0.25, 0.3) is 11.0 Å². The minimum Gasteiger partial charge on any atom is -0.341 e. The molecule has 0 amide bonds. The second kappa shape index (κ2) is 7.81.